The molecule has 0 aliphatic rings. The van der Waals surface area contributed by atoms with Crippen LogP contribution < -0.4 is 10.1 Å². The molecule has 2 N–H and O–H groups in total. The molecule has 0 unspecified atom stereocenters. The molecule has 23 heavy (non-hydrogen) atoms. The zero-order valence-corrected chi connectivity index (χ0v) is 14.1. The van der Waals surface area contributed by atoms with E-state index in [0.717, 1.165) is 48.7 Å². The Labute approximate surface area is 143 Å². The Morgan fingerprint density at radius 3 is 2.26 bits per heavy atom. The number of hydrogen-bond donors (Lipinski definition) is 2. The number of ether oxygens (including phenoxy) is 1. The summed E-state index contributed by atoms with van der Waals surface area (Å²) in [5.41, 5.74) is 2.34. The topological polar surface area (TPSA) is 41.5 Å². The van der Waals surface area contributed by atoms with E-state index in [-0.39, 0.29) is 6.61 Å². The highest BCUT2D eigenvalue weighted by atomic mass is 35.5. The quantitative estimate of drug-likeness (QED) is 0.641. The molecule has 4 heteroatoms. The molecule has 0 saturated carbocycles. The monoisotopic (exact) mass is 333 g/mol. The largest absolute Gasteiger partial charge is 0.489 e. The Bertz CT molecular complexity index is 555. The van der Waals surface area contributed by atoms with Gasteiger partial charge >= 0.3 is 0 Å². The first-order valence-electron chi connectivity index (χ1n) is 8.05. The fourth-order valence-electron chi connectivity index (χ4n) is 2.22. The number of benzene rings is 2. The van der Waals surface area contributed by atoms with Crippen LogP contribution in [0.25, 0.3) is 0 Å². The van der Waals surface area contributed by atoms with Crippen molar-refractivity contribution in [1.82, 2.24) is 5.32 Å². The van der Waals surface area contributed by atoms with Crippen LogP contribution in [0.5, 0.6) is 5.75 Å². The molecule has 124 valence electrons. The zero-order valence-electron chi connectivity index (χ0n) is 13.3. The number of hydrogen-bond acceptors (Lipinski definition) is 3. The average Bonchev–Trinajstić information content (AvgIpc) is 2.58. The summed E-state index contributed by atoms with van der Waals surface area (Å²) in [7, 11) is 0. The van der Waals surface area contributed by atoms with E-state index in [9.17, 15) is 0 Å². The minimum Gasteiger partial charge on any atom is -0.489 e. The molecule has 2 aromatic rings. The Balaban J connectivity index is 1.68. The van der Waals surface area contributed by atoms with Crippen molar-refractivity contribution < 1.29 is 9.84 Å². The normalized spacial score (nSPS) is 10.7. The molecule has 0 heterocycles. The SMILES string of the molecule is OCCCCCNCc1ccc(OCc2ccc(Cl)cc2)cc1. The number of unbranched alkanes of at least 4 members (excludes halogenated alkanes) is 2. The van der Waals surface area contributed by atoms with Gasteiger partial charge in [-0.05, 0) is 61.2 Å². The van der Waals surface area contributed by atoms with Crippen molar-refractivity contribution in [2.75, 3.05) is 13.2 Å². The maximum atomic E-state index is 8.72. The summed E-state index contributed by atoms with van der Waals surface area (Å²) >= 11 is 5.87. The third kappa shape index (κ3) is 7.04. The van der Waals surface area contributed by atoms with Crippen LogP contribution in [0.1, 0.15) is 30.4 Å². The predicted molar refractivity (Wildman–Crippen MR) is 94.9 cm³/mol. The maximum absolute atomic E-state index is 8.72. The van der Waals surface area contributed by atoms with Crippen molar-refractivity contribution in [2.24, 2.45) is 0 Å². The number of aliphatic hydroxyl groups excluding tert-OH is 1. The van der Waals surface area contributed by atoms with E-state index in [0.29, 0.717) is 6.61 Å². The molecule has 0 amide bonds. The first kappa shape index (κ1) is 17.8. The molecule has 2 aromatic carbocycles. The van der Waals surface area contributed by atoms with Gasteiger partial charge in [0.2, 0.25) is 0 Å². The Morgan fingerprint density at radius 1 is 0.870 bits per heavy atom. The minimum atomic E-state index is 0.289. The van der Waals surface area contributed by atoms with Gasteiger partial charge in [0.15, 0.2) is 0 Å². The Morgan fingerprint density at radius 2 is 1.57 bits per heavy atom. The van der Waals surface area contributed by atoms with Crippen molar-refractivity contribution in [3.8, 4) is 5.75 Å². The van der Waals surface area contributed by atoms with Gasteiger partial charge < -0.3 is 15.2 Å². The molecule has 0 bridgehead atoms. The van der Waals surface area contributed by atoms with Gasteiger partial charge in [-0.3, -0.25) is 0 Å². The lowest BCUT2D eigenvalue weighted by Gasteiger charge is -2.08. The van der Waals surface area contributed by atoms with E-state index in [2.05, 4.69) is 17.4 Å². The van der Waals surface area contributed by atoms with Crippen LogP contribution in [-0.4, -0.2) is 18.3 Å². The van der Waals surface area contributed by atoms with Crippen molar-refractivity contribution in [3.05, 3.63) is 64.7 Å². The van der Waals surface area contributed by atoms with Gasteiger partial charge in [-0.15, -0.1) is 0 Å². The second-order valence-electron chi connectivity index (χ2n) is 5.52. The first-order chi connectivity index (χ1) is 11.3. The molecule has 0 saturated heterocycles. The van der Waals surface area contributed by atoms with Gasteiger partial charge in [0.1, 0.15) is 12.4 Å². The highest BCUT2D eigenvalue weighted by Crippen LogP contribution is 2.15. The van der Waals surface area contributed by atoms with E-state index in [1.165, 1.54) is 5.56 Å². The van der Waals surface area contributed by atoms with Crippen LogP contribution in [0.2, 0.25) is 5.02 Å². The molecule has 0 fully saturated rings. The number of aliphatic hydroxyl groups is 1. The number of nitrogens with one attached hydrogen (secondary N) is 1. The van der Waals surface area contributed by atoms with Gasteiger partial charge in [-0.2, -0.15) is 0 Å². The fourth-order valence-corrected chi connectivity index (χ4v) is 2.35. The smallest absolute Gasteiger partial charge is 0.119 e. The molecular formula is C19H24ClNO2. The summed E-state index contributed by atoms with van der Waals surface area (Å²) in [6, 6.07) is 15.8. The number of halogens is 1. The van der Waals surface area contributed by atoms with E-state index in [1.54, 1.807) is 0 Å². The summed E-state index contributed by atoms with van der Waals surface area (Å²) in [6.07, 6.45) is 3.06. The molecule has 0 aromatic heterocycles. The molecular weight excluding hydrogens is 310 g/mol. The van der Waals surface area contributed by atoms with E-state index >= 15 is 0 Å². The molecule has 0 aliphatic heterocycles. The van der Waals surface area contributed by atoms with Crippen LogP contribution in [0.15, 0.2) is 48.5 Å². The van der Waals surface area contributed by atoms with E-state index in [1.807, 2.05) is 36.4 Å². The van der Waals surface area contributed by atoms with Crippen molar-refractivity contribution >= 4 is 11.6 Å². The minimum absolute atomic E-state index is 0.289. The van der Waals surface area contributed by atoms with Crippen molar-refractivity contribution in [2.45, 2.75) is 32.4 Å². The maximum Gasteiger partial charge on any atom is 0.119 e. The third-order valence-corrected chi connectivity index (χ3v) is 3.83. The summed E-state index contributed by atoms with van der Waals surface area (Å²) in [6.45, 7) is 2.67. The lowest BCUT2D eigenvalue weighted by molar-refractivity contribution is 0.283. The van der Waals surface area contributed by atoms with Gasteiger partial charge in [0, 0.05) is 18.2 Å². The van der Waals surface area contributed by atoms with Crippen LogP contribution in [-0.2, 0) is 13.2 Å². The zero-order chi connectivity index (χ0) is 16.3. The number of rotatable bonds is 10. The molecule has 0 aliphatic carbocycles. The summed E-state index contributed by atoms with van der Waals surface area (Å²) in [4.78, 5) is 0. The lowest BCUT2D eigenvalue weighted by Crippen LogP contribution is -2.14. The fraction of sp³-hybridized carbons (Fsp3) is 0.368. The standard InChI is InChI=1S/C19H24ClNO2/c20-18-8-4-17(5-9-18)15-23-19-10-6-16(7-11-19)14-21-12-2-1-3-13-22/h4-11,21-22H,1-3,12-15H2. The van der Waals surface area contributed by atoms with Crippen molar-refractivity contribution in [1.29, 1.82) is 0 Å². The molecule has 0 radical (unpaired) electrons. The second-order valence-corrected chi connectivity index (χ2v) is 5.96. The van der Waals surface area contributed by atoms with Crippen LogP contribution in [0.3, 0.4) is 0 Å². The molecule has 0 spiro atoms. The average molecular weight is 334 g/mol. The van der Waals surface area contributed by atoms with Crippen molar-refractivity contribution in [3.63, 3.8) is 0 Å². The van der Waals surface area contributed by atoms with E-state index < -0.39 is 0 Å². The molecule has 2 rings (SSSR count). The first-order valence-corrected chi connectivity index (χ1v) is 8.43. The van der Waals surface area contributed by atoms with Gasteiger partial charge in [0.05, 0.1) is 0 Å². The van der Waals surface area contributed by atoms with Gasteiger partial charge in [-0.1, -0.05) is 35.9 Å². The highest BCUT2D eigenvalue weighted by Gasteiger charge is 1.98. The highest BCUT2D eigenvalue weighted by molar-refractivity contribution is 6.30. The van der Waals surface area contributed by atoms with Crippen LogP contribution in [0.4, 0.5) is 0 Å². The third-order valence-electron chi connectivity index (χ3n) is 3.58. The van der Waals surface area contributed by atoms with Gasteiger partial charge in [-0.25, -0.2) is 0 Å². The van der Waals surface area contributed by atoms with Crippen LogP contribution in [0, 0.1) is 0 Å². The summed E-state index contributed by atoms with van der Waals surface area (Å²) in [5.74, 6) is 0.867. The second kappa shape index (κ2) is 10.3. The lowest BCUT2D eigenvalue weighted by atomic mass is 10.2. The van der Waals surface area contributed by atoms with E-state index in [4.69, 9.17) is 21.4 Å². The Hall–Kier alpha value is -1.55. The van der Waals surface area contributed by atoms with Crippen LogP contribution >= 0.6 is 11.6 Å². The molecule has 0 atom stereocenters. The van der Waals surface area contributed by atoms with Gasteiger partial charge in [0.25, 0.3) is 0 Å². The summed E-state index contributed by atoms with van der Waals surface area (Å²) < 4.78 is 5.77. The predicted octanol–water partition coefficient (Wildman–Crippen LogP) is 4.17. The molecule has 3 nitrogen and oxygen atoms in total. The Kier molecular flexibility index (Phi) is 7.95. The summed E-state index contributed by atoms with van der Waals surface area (Å²) in [5, 5.41) is 12.9.